The van der Waals surface area contributed by atoms with Crippen LogP contribution in [0.3, 0.4) is 0 Å². The first-order valence-electron chi connectivity index (χ1n) is 9.21. The average Bonchev–Trinajstić information content (AvgIpc) is 2.71. The van der Waals surface area contributed by atoms with E-state index in [0.717, 1.165) is 11.0 Å². The highest BCUT2D eigenvalue weighted by Gasteiger charge is 2.45. The van der Waals surface area contributed by atoms with Crippen molar-refractivity contribution in [3.63, 3.8) is 0 Å². The number of aryl methyl sites for hydroxylation is 2. The van der Waals surface area contributed by atoms with Crippen molar-refractivity contribution < 1.29 is 22.8 Å². The lowest BCUT2D eigenvalue weighted by molar-refractivity contribution is -0.158. The molecule has 0 spiro atoms. The van der Waals surface area contributed by atoms with Crippen LogP contribution in [0.25, 0.3) is 0 Å². The monoisotopic (exact) mass is 402 g/mol. The smallest absolute Gasteiger partial charge is 0.333 e. The first-order valence-corrected chi connectivity index (χ1v) is 9.21. The Morgan fingerprint density at radius 1 is 1.03 bits per heavy atom. The molecule has 7 heteroatoms. The Balaban J connectivity index is 1.86. The molecule has 1 aliphatic heterocycles. The lowest BCUT2D eigenvalue weighted by atomic mass is 9.98. The highest BCUT2D eigenvalue weighted by atomic mass is 19.3. The Kier molecular flexibility index (Phi) is 5.77. The Labute approximate surface area is 167 Å². The summed E-state index contributed by atoms with van der Waals surface area (Å²) in [6.07, 6.45) is 4.05. The van der Waals surface area contributed by atoms with E-state index in [-0.39, 0.29) is 24.2 Å². The van der Waals surface area contributed by atoms with Crippen LogP contribution in [0.4, 0.5) is 18.9 Å². The Morgan fingerprint density at radius 3 is 2.45 bits per heavy atom. The highest BCUT2D eigenvalue weighted by Crippen LogP contribution is 2.34. The van der Waals surface area contributed by atoms with Gasteiger partial charge in [-0.1, -0.05) is 18.2 Å². The van der Waals surface area contributed by atoms with Crippen LogP contribution in [-0.2, 0) is 10.7 Å². The summed E-state index contributed by atoms with van der Waals surface area (Å²) in [5, 5.41) is 2.56. The van der Waals surface area contributed by atoms with Crippen molar-refractivity contribution in [3.8, 4) is 0 Å². The van der Waals surface area contributed by atoms with Gasteiger partial charge in [0.25, 0.3) is 11.8 Å². The molecule has 2 aromatic rings. The fraction of sp³-hybridized carbons (Fsp3) is 0.273. The molecule has 0 saturated heterocycles. The van der Waals surface area contributed by atoms with Crippen LogP contribution in [-0.4, -0.2) is 29.8 Å². The fourth-order valence-electron chi connectivity index (χ4n) is 3.17. The molecular formula is C22H21F3N2O2. The molecule has 0 fully saturated rings. The predicted octanol–water partition coefficient (Wildman–Crippen LogP) is 4.58. The maximum Gasteiger partial charge on any atom is 0.350 e. The third kappa shape index (κ3) is 4.34. The van der Waals surface area contributed by atoms with Crippen molar-refractivity contribution in [2.45, 2.75) is 26.2 Å². The number of carbonyl (C=O) groups excluding carboxylic acids is 2. The van der Waals surface area contributed by atoms with Gasteiger partial charge >= 0.3 is 5.92 Å². The first kappa shape index (κ1) is 20.6. The van der Waals surface area contributed by atoms with Gasteiger partial charge in [0, 0.05) is 29.9 Å². The molecule has 2 amide bonds. The van der Waals surface area contributed by atoms with E-state index in [1.807, 2.05) is 6.08 Å². The fourth-order valence-corrected chi connectivity index (χ4v) is 3.17. The minimum atomic E-state index is -3.75. The van der Waals surface area contributed by atoms with Crippen molar-refractivity contribution in [1.82, 2.24) is 4.90 Å². The third-order valence-corrected chi connectivity index (χ3v) is 4.87. The van der Waals surface area contributed by atoms with Gasteiger partial charge < -0.3 is 10.2 Å². The number of hydrogen-bond donors (Lipinski definition) is 1. The zero-order valence-electron chi connectivity index (χ0n) is 16.1. The molecule has 3 rings (SSSR count). The van der Waals surface area contributed by atoms with Gasteiger partial charge in [0.1, 0.15) is 5.82 Å². The van der Waals surface area contributed by atoms with E-state index in [1.165, 1.54) is 37.3 Å². The number of halogens is 3. The van der Waals surface area contributed by atoms with Crippen LogP contribution in [0.2, 0.25) is 0 Å². The van der Waals surface area contributed by atoms with Gasteiger partial charge in [-0.05, 0) is 61.7 Å². The molecular weight excluding hydrogens is 381 g/mol. The molecule has 1 heterocycles. The van der Waals surface area contributed by atoms with Crippen LogP contribution >= 0.6 is 0 Å². The van der Waals surface area contributed by atoms with E-state index in [1.54, 1.807) is 13.0 Å². The molecule has 152 valence electrons. The molecule has 0 unspecified atom stereocenters. The largest absolute Gasteiger partial charge is 0.350 e. The van der Waals surface area contributed by atoms with E-state index in [2.05, 4.69) is 5.32 Å². The summed E-state index contributed by atoms with van der Waals surface area (Å²) in [6.45, 7) is 3.39. The van der Waals surface area contributed by atoms with E-state index in [9.17, 15) is 22.8 Å². The van der Waals surface area contributed by atoms with Crippen molar-refractivity contribution in [3.05, 3.63) is 76.6 Å². The molecule has 4 nitrogen and oxygen atoms in total. The van der Waals surface area contributed by atoms with Gasteiger partial charge in [-0.3, -0.25) is 9.59 Å². The number of benzene rings is 2. The molecule has 1 aliphatic rings. The van der Waals surface area contributed by atoms with Gasteiger partial charge in [-0.25, -0.2) is 4.39 Å². The molecule has 0 bridgehead atoms. The Bertz CT molecular complexity index is 986. The topological polar surface area (TPSA) is 49.4 Å². The maximum atomic E-state index is 15.0. The minimum absolute atomic E-state index is 0.0152. The standard InChI is InChI=1S/C22H21F3N2O2/c1-14-6-7-16(20(28)26-17-8-9-19(23)15(2)12-17)13-18(14)22(24,25)21(29)27-10-4-3-5-11-27/h3-4,6-9,12-13H,5,10-11H2,1-2H3,(H,26,28). The van der Waals surface area contributed by atoms with Crippen molar-refractivity contribution >= 4 is 17.5 Å². The second-order valence-electron chi connectivity index (χ2n) is 7.03. The van der Waals surface area contributed by atoms with Crippen molar-refractivity contribution in [2.24, 2.45) is 0 Å². The minimum Gasteiger partial charge on any atom is -0.333 e. The van der Waals surface area contributed by atoms with E-state index >= 15 is 0 Å². The molecule has 1 N–H and O–H groups in total. The summed E-state index contributed by atoms with van der Waals surface area (Å²) in [5.74, 6) is -6.07. The van der Waals surface area contributed by atoms with E-state index in [4.69, 9.17) is 0 Å². The predicted molar refractivity (Wildman–Crippen MR) is 105 cm³/mol. The molecule has 29 heavy (non-hydrogen) atoms. The third-order valence-electron chi connectivity index (χ3n) is 4.87. The van der Waals surface area contributed by atoms with Gasteiger partial charge in [0.15, 0.2) is 0 Å². The summed E-state index contributed by atoms with van der Waals surface area (Å²) in [4.78, 5) is 26.0. The Morgan fingerprint density at radius 2 is 1.79 bits per heavy atom. The second kappa shape index (κ2) is 8.11. The molecule has 0 aromatic heterocycles. The van der Waals surface area contributed by atoms with Crippen LogP contribution in [0.5, 0.6) is 0 Å². The van der Waals surface area contributed by atoms with Crippen molar-refractivity contribution in [2.75, 3.05) is 18.4 Å². The van der Waals surface area contributed by atoms with Crippen LogP contribution in [0, 0.1) is 19.7 Å². The number of anilines is 1. The summed E-state index contributed by atoms with van der Waals surface area (Å²) in [6, 6.07) is 7.89. The average molecular weight is 402 g/mol. The van der Waals surface area contributed by atoms with E-state index < -0.39 is 29.1 Å². The number of rotatable bonds is 4. The lowest BCUT2D eigenvalue weighted by Gasteiger charge is -2.28. The van der Waals surface area contributed by atoms with Gasteiger partial charge in [0.05, 0.1) is 0 Å². The molecule has 0 radical (unpaired) electrons. The van der Waals surface area contributed by atoms with Crippen molar-refractivity contribution in [1.29, 1.82) is 0 Å². The van der Waals surface area contributed by atoms with Crippen LogP contribution in [0.1, 0.15) is 33.5 Å². The lowest BCUT2D eigenvalue weighted by Crippen LogP contribution is -2.43. The first-order chi connectivity index (χ1) is 13.7. The second-order valence-corrected chi connectivity index (χ2v) is 7.03. The summed E-state index contributed by atoms with van der Waals surface area (Å²) < 4.78 is 43.3. The summed E-state index contributed by atoms with van der Waals surface area (Å²) in [7, 11) is 0. The number of amides is 2. The SMILES string of the molecule is Cc1cc(NC(=O)c2ccc(C)c(C(F)(F)C(=O)N3CC=CCC3)c2)ccc1F. The highest BCUT2D eigenvalue weighted by molar-refractivity contribution is 6.04. The van der Waals surface area contributed by atoms with Gasteiger partial charge in [-0.15, -0.1) is 0 Å². The van der Waals surface area contributed by atoms with Crippen LogP contribution < -0.4 is 5.32 Å². The van der Waals surface area contributed by atoms with Gasteiger partial charge in [0.2, 0.25) is 0 Å². The molecule has 0 atom stereocenters. The number of hydrogen-bond acceptors (Lipinski definition) is 2. The molecule has 0 aliphatic carbocycles. The number of nitrogens with zero attached hydrogens (tertiary/aromatic N) is 1. The maximum absolute atomic E-state index is 15.0. The molecule has 2 aromatic carbocycles. The zero-order valence-corrected chi connectivity index (χ0v) is 16.1. The zero-order chi connectivity index (χ0) is 21.2. The normalized spacial score (nSPS) is 14.0. The number of nitrogens with one attached hydrogen (secondary N) is 1. The Hall–Kier alpha value is -3.09. The quantitative estimate of drug-likeness (QED) is 0.762. The summed E-state index contributed by atoms with van der Waals surface area (Å²) in [5.41, 5.74) is 0.391. The number of carbonyl (C=O) groups is 2. The summed E-state index contributed by atoms with van der Waals surface area (Å²) >= 11 is 0. The van der Waals surface area contributed by atoms with Gasteiger partial charge in [-0.2, -0.15) is 8.78 Å². The van der Waals surface area contributed by atoms with Crippen LogP contribution in [0.15, 0.2) is 48.6 Å². The number of alkyl halides is 2. The van der Waals surface area contributed by atoms with E-state index in [0.29, 0.717) is 17.7 Å². The molecule has 0 saturated carbocycles.